The van der Waals surface area contributed by atoms with Gasteiger partial charge in [0.1, 0.15) is 11.1 Å². The minimum Gasteiger partial charge on any atom is -0.381 e. The van der Waals surface area contributed by atoms with Gasteiger partial charge in [0.15, 0.2) is 5.82 Å². The van der Waals surface area contributed by atoms with Crippen molar-refractivity contribution in [2.24, 2.45) is 0 Å². The Labute approximate surface area is 104 Å². The summed E-state index contributed by atoms with van der Waals surface area (Å²) in [6, 6.07) is -0.400. The van der Waals surface area contributed by atoms with Crippen molar-refractivity contribution in [2.75, 3.05) is 32.0 Å². The fraction of sp³-hybridized carbons (Fsp3) is 0.600. The lowest BCUT2D eigenvalue weighted by atomic mass is 10.2. The summed E-state index contributed by atoms with van der Waals surface area (Å²) < 4.78 is 6.70. The lowest BCUT2D eigenvalue weighted by molar-refractivity contribution is -0.138. The summed E-state index contributed by atoms with van der Waals surface area (Å²) in [5, 5.41) is 4.38. The molecule has 2 N–H and O–H groups in total. The highest BCUT2D eigenvalue weighted by atomic mass is 35.5. The molecule has 1 aromatic heterocycles. The Morgan fingerprint density at radius 2 is 2.24 bits per heavy atom. The molecule has 1 fully saturated rings. The van der Waals surface area contributed by atoms with Crippen LogP contribution in [0.3, 0.4) is 0 Å². The van der Waals surface area contributed by atoms with Gasteiger partial charge in [0, 0.05) is 19.3 Å². The number of rotatable bonds is 2. The molecular weight excluding hydrogens is 244 g/mol. The molecule has 1 unspecified atom stereocenters. The van der Waals surface area contributed by atoms with E-state index in [-0.39, 0.29) is 11.7 Å². The van der Waals surface area contributed by atoms with Crippen molar-refractivity contribution in [3.05, 3.63) is 11.2 Å². The van der Waals surface area contributed by atoms with E-state index in [2.05, 4.69) is 5.10 Å². The molecule has 1 aliphatic rings. The Hall–Kier alpha value is -1.27. The number of nitrogens with two attached hydrogens (primary N) is 1. The maximum Gasteiger partial charge on any atom is 0.247 e. The lowest BCUT2D eigenvalue weighted by Gasteiger charge is -2.29. The maximum atomic E-state index is 12.1. The van der Waals surface area contributed by atoms with E-state index >= 15 is 0 Å². The molecule has 1 amide bonds. The van der Waals surface area contributed by atoms with Crippen molar-refractivity contribution < 1.29 is 9.53 Å². The third-order valence-electron chi connectivity index (χ3n) is 2.79. The van der Waals surface area contributed by atoms with Crippen LogP contribution < -0.4 is 5.73 Å². The topological polar surface area (TPSA) is 73.4 Å². The molecule has 1 saturated heterocycles. The average molecular weight is 259 g/mol. The number of hydrogen-bond acceptors (Lipinski definition) is 4. The Morgan fingerprint density at radius 1 is 1.59 bits per heavy atom. The van der Waals surface area contributed by atoms with Crippen LogP contribution in [0.4, 0.5) is 5.82 Å². The Bertz CT molecular complexity index is 395. The average Bonchev–Trinajstić information content (AvgIpc) is 2.69. The van der Waals surface area contributed by atoms with Crippen LogP contribution in [0.1, 0.15) is 13.0 Å². The zero-order chi connectivity index (χ0) is 12.4. The Morgan fingerprint density at radius 3 is 2.76 bits per heavy atom. The van der Waals surface area contributed by atoms with Crippen molar-refractivity contribution in [2.45, 2.75) is 13.0 Å². The highest BCUT2D eigenvalue weighted by Gasteiger charge is 2.24. The first-order valence-electron chi connectivity index (χ1n) is 5.46. The third kappa shape index (κ3) is 2.53. The molecular formula is C10H15ClN4O2. The van der Waals surface area contributed by atoms with Gasteiger partial charge in [-0.3, -0.25) is 9.48 Å². The molecule has 1 aromatic rings. The molecule has 6 nitrogen and oxygen atoms in total. The molecule has 2 rings (SSSR count). The number of carbonyl (C=O) groups excluding carboxylic acids is 1. The van der Waals surface area contributed by atoms with Crippen LogP contribution in [0.5, 0.6) is 0 Å². The molecule has 0 aliphatic carbocycles. The van der Waals surface area contributed by atoms with Crippen LogP contribution in [0.25, 0.3) is 0 Å². The second kappa shape index (κ2) is 4.93. The Balaban J connectivity index is 2.08. The van der Waals surface area contributed by atoms with Crippen LogP contribution in [0.15, 0.2) is 6.20 Å². The lowest BCUT2D eigenvalue weighted by Crippen LogP contribution is -2.43. The molecule has 94 valence electrons. The summed E-state index contributed by atoms with van der Waals surface area (Å²) in [5.74, 6) is 0.251. The van der Waals surface area contributed by atoms with Gasteiger partial charge >= 0.3 is 0 Å². The van der Waals surface area contributed by atoms with Crippen molar-refractivity contribution in [3.8, 4) is 0 Å². The van der Waals surface area contributed by atoms with Crippen molar-refractivity contribution in [3.63, 3.8) is 0 Å². The van der Waals surface area contributed by atoms with E-state index in [0.29, 0.717) is 31.3 Å². The van der Waals surface area contributed by atoms with Gasteiger partial charge in [-0.15, -0.1) is 0 Å². The zero-order valence-corrected chi connectivity index (χ0v) is 10.4. The molecule has 1 aliphatic heterocycles. The van der Waals surface area contributed by atoms with Gasteiger partial charge in [0.05, 0.1) is 13.2 Å². The van der Waals surface area contributed by atoms with E-state index in [0.717, 1.165) is 0 Å². The van der Waals surface area contributed by atoms with Crippen LogP contribution in [0.2, 0.25) is 5.02 Å². The molecule has 1 atom stereocenters. The number of aromatic nitrogens is 2. The normalized spacial score (nSPS) is 18.1. The number of nitrogens with zero attached hydrogens (tertiary/aromatic N) is 3. The predicted molar refractivity (Wildman–Crippen MR) is 63.8 cm³/mol. The quantitative estimate of drug-likeness (QED) is 0.840. The van der Waals surface area contributed by atoms with E-state index in [4.69, 9.17) is 22.1 Å². The van der Waals surface area contributed by atoms with Crippen LogP contribution in [-0.2, 0) is 9.53 Å². The number of ether oxygens (including phenoxy) is 1. The molecule has 0 bridgehead atoms. The highest BCUT2D eigenvalue weighted by molar-refractivity contribution is 6.32. The van der Waals surface area contributed by atoms with E-state index in [1.807, 2.05) is 0 Å². The van der Waals surface area contributed by atoms with E-state index in [1.54, 1.807) is 18.0 Å². The van der Waals surface area contributed by atoms with Crippen molar-refractivity contribution >= 4 is 23.3 Å². The van der Waals surface area contributed by atoms with Crippen LogP contribution in [0, 0.1) is 0 Å². The number of anilines is 1. The van der Waals surface area contributed by atoms with Gasteiger partial charge in [0.25, 0.3) is 0 Å². The fourth-order valence-electron chi connectivity index (χ4n) is 1.74. The summed E-state index contributed by atoms with van der Waals surface area (Å²) in [5.41, 5.74) is 5.55. The molecule has 7 heteroatoms. The number of carbonyl (C=O) groups is 1. The molecule has 0 spiro atoms. The molecule has 17 heavy (non-hydrogen) atoms. The van der Waals surface area contributed by atoms with E-state index in [1.165, 1.54) is 4.68 Å². The maximum absolute atomic E-state index is 12.1. The third-order valence-corrected chi connectivity index (χ3v) is 3.08. The summed E-state index contributed by atoms with van der Waals surface area (Å²) in [6.45, 7) is 4.18. The smallest absolute Gasteiger partial charge is 0.247 e. The van der Waals surface area contributed by atoms with Crippen molar-refractivity contribution in [1.82, 2.24) is 14.7 Å². The summed E-state index contributed by atoms with van der Waals surface area (Å²) in [4.78, 5) is 13.9. The van der Waals surface area contributed by atoms with E-state index < -0.39 is 6.04 Å². The second-order valence-electron chi connectivity index (χ2n) is 3.96. The summed E-state index contributed by atoms with van der Waals surface area (Å²) in [7, 11) is 0. The first-order valence-corrected chi connectivity index (χ1v) is 5.84. The monoisotopic (exact) mass is 258 g/mol. The number of amides is 1. The molecule has 0 radical (unpaired) electrons. The van der Waals surface area contributed by atoms with Crippen molar-refractivity contribution in [1.29, 1.82) is 0 Å². The van der Waals surface area contributed by atoms with Gasteiger partial charge in [0.2, 0.25) is 5.91 Å². The second-order valence-corrected chi connectivity index (χ2v) is 4.36. The van der Waals surface area contributed by atoms with Gasteiger partial charge < -0.3 is 15.4 Å². The minimum absolute atomic E-state index is 0.00691. The number of nitrogen functional groups attached to an aromatic ring is 1. The van der Waals surface area contributed by atoms with Gasteiger partial charge in [-0.05, 0) is 6.92 Å². The zero-order valence-electron chi connectivity index (χ0n) is 9.60. The van der Waals surface area contributed by atoms with Gasteiger partial charge in [-0.25, -0.2) is 0 Å². The van der Waals surface area contributed by atoms with E-state index in [9.17, 15) is 4.79 Å². The number of hydrogen-bond donors (Lipinski definition) is 1. The minimum atomic E-state index is -0.400. The van der Waals surface area contributed by atoms with Gasteiger partial charge in [-0.2, -0.15) is 5.10 Å². The van der Waals surface area contributed by atoms with Gasteiger partial charge in [-0.1, -0.05) is 11.6 Å². The predicted octanol–water partition coefficient (Wildman–Crippen LogP) is 0.538. The molecule has 0 saturated carbocycles. The largest absolute Gasteiger partial charge is 0.381 e. The fourth-order valence-corrected chi connectivity index (χ4v) is 1.88. The first-order chi connectivity index (χ1) is 8.09. The SMILES string of the molecule is CC(C(=O)N1CCOCC1)n1cc(Cl)c(N)n1. The summed E-state index contributed by atoms with van der Waals surface area (Å²) >= 11 is 5.81. The number of halogens is 1. The first kappa shape index (κ1) is 12.2. The van der Waals surface area contributed by atoms with Crippen LogP contribution in [-0.4, -0.2) is 46.9 Å². The molecule has 0 aromatic carbocycles. The summed E-state index contributed by atoms with van der Waals surface area (Å²) in [6.07, 6.45) is 1.57. The standard InChI is InChI=1S/C10H15ClN4O2/c1-7(15-6-8(11)9(12)13-15)10(16)14-2-4-17-5-3-14/h6-7H,2-5H2,1H3,(H2,12,13). The Kier molecular flexibility index (Phi) is 3.54. The number of morpholine rings is 1. The van der Waals surface area contributed by atoms with Crippen LogP contribution >= 0.6 is 11.6 Å². The molecule has 2 heterocycles. The highest BCUT2D eigenvalue weighted by Crippen LogP contribution is 2.19.